The van der Waals surface area contributed by atoms with Crippen molar-refractivity contribution in [3.05, 3.63) is 70.6 Å². The van der Waals surface area contributed by atoms with Crippen LogP contribution < -0.4 is 10.9 Å². The van der Waals surface area contributed by atoms with Crippen LogP contribution in [0.5, 0.6) is 0 Å². The van der Waals surface area contributed by atoms with Crippen molar-refractivity contribution in [2.24, 2.45) is 11.8 Å². The molecule has 0 saturated heterocycles. The molecule has 2 rings (SSSR count). The number of nitrogens with one attached hydrogen (secondary N) is 1. The molecule has 0 saturated carbocycles. The Morgan fingerprint density at radius 3 is 2.46 bits per heavy atom. The van der Waals surface area contributed by atoms with Gasteiger partial charge in [0.05, 0.1) is 0 Å². The van der Waals surface area contributed by atoms with Crippen molar-refractivity contribution >= 4 is 5.91 Å². The van der Waals surface area contributed by atoms with Crippen LogP contribution in [-0.4, -0.2) is 17.0 Å². The van der Waals surface area contributed by atoms with Crippen molar-refractivity contribution in [3.63, 3.8) is 0 Å². The Morgan fingerprint density at radius 2 is 1.79 bits per heavy atom. The minimum absolute atomic E-state index is 0.00652. The van der Waals surface area contributed by atoms with E-state index in [0.717, 1.165) is 12.8 Å². The van der Waals surface area contributed by atoms with Gasteiger partial charge in [0.1, 0.15) is 0 Å². The lowest BCUT2D eigenvalue weighted by molar-refractivity contribution is -0.126. The van der Waals surface area contributed by atoms with Gasteiger partial charge in [-0.15, -0.1) is 0 Å². The van der Waals surface area contributed by atoms with Crippen LogP contribution in [0.2, 0.25) is 0 Å². The lowest BCUT2D eigenvalue weighted by Gasteiger charge is -2.20. The van der Waals surface area contributed by atoms with E-state index in [1.807, 2.05) is 24.3 Å². The molecule has 1 atom stereocenters. The van der Waals surface area contributed by atoms with E-state index in [1.165, 1.54) is 5.56 Å². The molecule has 1 unspecified atom stereocenters. The first kappa shape index (κ1) is 18.0. The average molecular weight is 326 g/mol. The molecular formula is C20H26N2O2. The number of nitrogens with zero attached hydrogens (tertiary/aromatic N) is 1. The summed E-state index contributed by atoms with van der Waals surface area (Å²) in [5.74, 6) is 0.336. The second kappa shape index (κ2) is 9.06. The number of rotatable bonds is 8. The Bertz CT molecular complexity index is 692. The van der Waals surface area contributed by atoms with E-state index in [9.17, 15) is 9.59 Å². The van der Waals surface area contributed by atoms with E-state index in [2.05, 4.69) is 31.3 Å². The van der Waals surface area contributed by atoms with E-state index in [-0.39, 0.29) is 23.3 Å². The topological polar surface area (TPSA) is 51.1 Å². The first-order valence-electron chi connectivity index (χ1n) is 8.55. The fourth-order valence-electron chi connectivity index (χ4n) is 2.74. The first-order chi connectivity index (χ1) is 11.6. The van der Waals surface area contributed by atoms with Gasteiger partial charge in [0.25, 0.3) is 0 Å². The third-order valence-electron chi connectivity index (χ3n) is 4.21. The van der Waals surface area contributed by atoms with Crippen molar-refractivity contribution in [1.29, 1.82) is 0 Å². The second-order valence-corrected chi connectivity index (χ2v) is 6.42. The highest BCUT2D eigenvalue weighted by molar-refractivity contribution is 5.79. The number of carbonyl (C=O) groups is 1. The lowest BCUT2D eigenvalue weighted by Crippen LogP contribution is -2.36. The standard InChI is InChI=1S/C20H26N2O2/c1-16(2)18(15-17-9-4-3-5-10-17)20(24)21-12-8-14-22-13-7-6-11-19(22)23/h3-7,9-11,13,16,18H,8,12,14-15H2,1-2H3,(H,21,24). The molecule has 0 spiro atoms. The fraction of sp³-hybridized carbons (Fsp3) is 0.400. The smallest absolute Gasteiger partial charge is 0.250 e. The van der Waals surface area contributed by atoms with Crippen LogP contribution in [0.4, 0.5) is 0 Å². The molecule has 0 aliphatic heterocycles. The van der Waals surface area contributed by atoms with E-state index < -0.39 is 0 Å². The number of aryl methyl sites for hydroxylation is 1. The predicted octanol–water partition coefficient (Wildman–Crippen LogP) is 2.87. The summed E-state index contributed by atoms with van der Waals surface area (Å²) in [4.78, 5) is 24.1. The number of carbonyl (C=O) groups excluding carboxylic acids is 1. The molecule has 0 radical (unpaired) electrons. The SMILES string of the molecule is CC(C)C(Cc1ccccc1)C(=O)NCCCn1ccccc1=O. The summed E-state index contributed by atoms with van der Waals surface area (Å²) in [6, 6.07) is 15.2. The van der Waals surface area contributed by atoms with Crippen LogP contribution in [0.25, 0.3) is 0 Å². The molecule has 1 amide bonds. The van der Waals surface area contributed by atoms with Crippen molar-refractivity contribution < 1.29 is 4.79 Å². The third-order valence-corrected chi connectivity index (χ3v) is 4.21. The summed E-state index contributed by atoms with van der Waals surface area (Å²) in [6.45, 7) is 5.36. The van der Waals surface area contributed by atoms with Gasteiger partial charge in [0.15, 0.2) is 0 Å². The average Bonchev–Trinajstić information content (AvgIpc) is 2.58. The monoisotopic (exact) mass is 326 g/mol. The highest BCUT2D eigenvalue weighted by Gasteiger charge is 2.22. The molecule has 0 aliphatic rings. The zero-order valence-corrected chi connectivity index (χ0v) is 14.4. The molecule has 0 aliphatic carbocycles. The summed E-state index contributed by atoms with van der Waals surface area (Å²) >= 11 is 0. The lowest BCUT2D eigenvalue weighted by atomic mass is 9.88. The maximum Gasteiger partial charge on any atom is 0.250 e. The van der Waals surface area contributed by atoms with Crippen LogP contribution in [0.15, 0.2) is 59.5 Å². The molecule has 0 fully saturated rings. The van der Waals surface area contributed by atoms with E-state index in [1.54, 1.807) is 22.9 Å². The first-order valence-corrected chi connectivity index (χ1v) is 8.55. The summed E-state index contributed by atoms with van der Waals surface area (Å²) in [6.07, 6.45) is 3.27. The minimum Gasteiger partial charge on any atom is -0.356 e. The van der Waals surface area contributed by atoms with Crippen molar-refractivity contribution in [1.82, 2.24) is 9.88 Å². The van der Waals surface area contributed by atoms with Gasteiger partial charge in [0.2, 0.25) is 11.5 Å². The summed E-state index contributed by atoms with van der Waals surface area (Å²) in [7, 11) is 0. The normalized spacial score (nSPS) is 12.1. The van der Waals surface area contributed by atoms with Gasteiger partial charge in [-0.1, -0.05) is 50.2 Å². The molecule has 128 valence electrons. The van der Waals surface area contributed by atoms with Crippen LogP contribution >= 0.6 is 0 Å². The Kier molecular flexibility index (Phi) is 6.79. The van der Waals surface area contributed by atoms with E-state index in [0.29, 0.717) is 13.1 Å². The van der Waals surface area contributed by atoms with Crippen LogP contribution in [0, 0.1) is 11.8 Å². The van der Waals surface area contributed by atoms with Crippen molar-refractivity contribution in [2.75, 3.05) is 6.54 Å². The zero-order valence-electron chi connectivity index (χ0n) is 14.4. The second-order valence-electron chi connectivity index (χ2n) is 6.42. The van der Waals surface area contributed by atoms with Crippen molar-refractivity contribution in [3.8, 4) is 0 Å². The van der Waals surface area contributed by atoms with Gasteiger partial charge < -0.3 is 9.88 Å². The van der Waals surface area contributed by atoms with Crippen molar-refractivity contribution in [2.45, 2.75) is 33.2 Å². The molecule has 1 heterocycles. The Balaban J connectivity index is 1.83. The third kappa shape index (κ3) is 5.37. The zero-order chi connectivity index (χ0) is 17.4. The number of hydrogen-bond donors (Lipinski definition) is 1. The predicted molar refractivity (Wildman–Crippen MR) is 96.8 cm³/mol. The van der Waals surface area contributed by atoms with Gasteiger partial charge in [0, 0.05) is 31.3 Å². The van der Waals surface area contributed by atoms with Gasteiger partial charge in [-0.05, 0) is 30.4 Å². The molecule has 1 aromatic heterocycles. The summed E-state index contributed by atoms with van der Waals surface area (Å²) < 4.78 is 1.66. The summed E-state index contributed by atoms with van der Waals surface area (Å²) in [5.41, 5.74) is 1.18. The van der Waals surface area contributed by atoms with E-state index in [4.69, 9.17) is 0 Å². The van der Waals surface area contributed by atoms with Crippen LogP contribution in [0.3, 0.4) is 0 Å². The quantitative estimate of drug-likeness (QED) is 0.758. The fourth-order valence-corrected chi connectivity index (χ4v) is 2.74. The van der Waals surface area contributed by atoms with Gasteiger partial charge in [-0.2, -0.15) is 0 Å². The number of hydrogen-bond acceptors (Lipinski definition) is 2. The van der Waals surface area contributed by atoms with Gasteiger partial charge in [-0.25, -0.2) is 0 Å². The van der Waals surface area contributed by atoms with E-state index >= 15 is 0 Å². The Hall–Kier alpha value is -2.36. The molecule has 0 bridgehead atoms. The number of amides is 1. The highest BCUT2D eigenvalue weighted by atomic mass is 16.2. The maximum atomic E-state index is 12.5. The Labute approximate surface area is 143 Å². The molecular weight excluding hydrogens is 300 g/mol. The number of pyridine rings is 1. The molecule has 4 heteroatoms. The van der Waals surface area contributed by atoms with Crippen LogP contribution in [-0.2, 0) is 17.8 Å². The highest BCUT2D eigenvalue weighted by Crippen LogP contribution is 2.17. The Morgan fingerprint density at radius 1 is 1.08 bits per heavy atom. The number of benzene rings is 1. The molecule has 1 aromatic carbocycles. The molecule has 4 nitrogen and oxygen atoms in total. The largest absolute Gasteiger partial charge is 0.356 e. The van der Waals surface area contributed by atoms with Crippen LogP contribution in [0.1, 0.15) is 25.8 Å². The maximum absolute atomic E-state index is 12.5. The van der Waals surface area contributed by atoms with Gasteiger partial charge in [-0.3, -0.25) is 9.59 Å². The summed E-state index contributed by atoms with van der Waals surface area (Å²) in [5, 5.41) is 3.02. The molecule has 1 N–H and O–H groups in total. The molecule has 24 heavy (non-hydrogen) atoms. The van der Waals surface area contributed by atoms with Gasteiger partial charge >= 0.3 is 0 Å². The number of aromatic nitrogens is 1. The molecule has 2 aromatic rings. The minimum atomic E-state index is -0.0353.